The average Bonchev–Trinajstić information content (AvgIpc) is 2.49. The number of aryl methyl sites for hydroxylation is 1. The fourth-order valence-corrected chi connectivity index (χ4v) is 2.28. The van der Waals surface area contributed by atoms with Crippen molar-refractivity contribution in [2.75, 3.05) is 5.73 Å². The van der Waals surface area contributed by atoms with Crippen LogP contribution < -0.4 is 11.3 Å². The topological polar surface area (TPSA) is 73.8 Å². The lowest BCUT2D eigenvalue weighted by molar-refractivity contribution is 0.731. The van der Waals surface area contributed by atoms with E-state index in [9.17, 15) is 4.79 Å². The van der Waals surface area contributed by atoms with Crippen molar-refractivity contribution < 1.29 is 0 Å². The molecular formula is C15H14N4O. The molecule has 0 bridgehead atoms. The lowest BCUT2D eigenvalue weighted by atomic mass is 10.0. The molecule has 0 aliphatic heterocycles. The average molecular weight is 266 g/mol. The van der Waals surface area contributed by atoms with Crippen LogP contribution in [0.1, 0.15) is 6.92 Å². The molecule has 2 aromatic heterocycles. The van der Waals surface area contributed by atoms with Gasteiger partial charge in [-0.2, -0.15) is 10.2 Å². The van der Waals surface area contributed by atoms with Gasteiger partial charge in [0.1, 0.15) is 0 Å². The number of hydrogen-bond acceptors (Lipinski definition) is 4. The van der Waals surface area contributed by atoms with E-state index in [0.29, 0.717) is 6.54 Å². The van der Waals surface area contributed by atoms with Gasteiger partial charge in [0.2, 0.25) is 0 Å². The quantitative estimate of drug-likeness (QED) is 0.770. The summed E-state index contributed by atoms with van der Waals surface area (Å²) in [4.78, 5) is 11.9. The molecule has 0 aliphatic rings. The van der Waals surface area contributed by atoms with Crippen molar-refractivity contribution in [3.05, 3.63) is 53.1 Å². The van der Waals surface area contributed by atoms with Crippen LogP contribution in [0.5, 0.6) is 0 Å². The van der Waals surface area contributed by atoms with E-state index < -0.39 is 0 Å². The van der Waals surface area contributed by atoms with Crippen molar-refractivity contribution in [3.8, 4) is 11.1 Å². The van der Waals surface area contributed by atoms with Gasteiger partial charge < -0.3 is 10.3 Å². The molecule has 0 radical (unpaired) electrons. The zero-order valence-electron chi connectivity index (χ0n) is 11.1. The molecule has 0 atom stereocenters. The highest BCUT2D eigenvalue weighted by Gasteiger charge is 2.09. The molecule has 0 aliphatic carbocycles. The van der Waals surface area contributed by atoms with Crippen LogP contribution in [0.4, 0.5) is 5.69 Å². The standard InChI is InChI=1S/C15H14N4O/c1-2-19-9-10(7-13(16)15(19)20)12-8-17-18-14-6-4-3-5-11(12)14/h3-9H,2,16H2,1H3. The first-order valence-corrected chi connectivity index (χ1v) is 6.41. The monoisotopic (exact) mass is 266 g/mol. The number of hydrogen-bond donors (Lipinski definition) is 1. The Labute approximate surface area is 115 Å². The van der Waals surface area contributed by atoms with Crippen molar-refractivity contribution in [1.29, 1.82) is 0 Å². The number of anilines is 1. The number of nitrogen functional groups attached to an aromatic ring is 1. The minimum atomic E-state index is -0.164. The molecule has 0 saturated carbocycles. The summed E-state index contributed by atoms with van der Waals surface area (Å²) in [6.07, 6.45) is 3.50. The van der Waals surface area contributed by atoms with E-state index >= 15 is 0 Å². The molecule has 0 amide bonds. The van der Waals surface area contributed by atoms with Gasteiger partial charge in [0.25, 0.3) is 5.56 Å². The van der Waals surface area contributed by atoms with E-state index in [1.807, 2.05) is 37.4 Å². The van der Waals surface area contributed by atoms with E-state index in [-0.39, 0.29) is 11.2 Å². The molecular weight excluding hydrogens is 252 g/mol. The number of nitrogens with two attached hydrogens (primary N) is 1. The van der Waals surface area contributed by atoms with Gasteiger partial charge in [0, 0.05) is 29.3 Å². The third-order valence-corrected chi connectivity index (χ3v) is 3.31. The van der Waals surface area contributed by atoms with Crippen LogP contribution in [0, 0.1) is 0 Å². The van der Waals surface area contributed by atoms with Crippen LogP contribution in [0.25, 0.3) is 22.0 Å². The normalized spacial score (nSPS) is 10.8. The second-order valence-corrected chi connectivity index (χ2v) is 4.55. The molecule has 1 aromatic carbocycles. The molecule has 100 valence electrons. The molecule has 0 spiro atoms. The zero-order chi connectivity index (χ0) is 14.1. The second-order valence-electron chi connectivity index (χ2n) is 4.55. The molecule has 0 unspecified atom stereocenters. The van der Waals surface area contributed by atoms with E-state index in [0.717, 1.165) is 22.0 Å². The number of aromatic nitrogens is 3. The number of fused-ring (bicyclic) bond motifs is 1. The van der Waals surface area contributed by atoms with E-state index in [2.05, 4.69) is 10.2 Å². The first-order valence-electron chi connectivity index (χ1n) is 6.41. The predicted octanol–water partition coefficient (Wildman–Crippen LogP) is 2.06. The Balaban J connectivity index is 2.31. The Bertz CT molecular complexity index is 833. The smallest absolute Gasteiger partial charge is 0.273 e. The van der Waals surface area contributed by atoms with E-state index in [1.54, 1.807) is 16.8 Å². The third kappa shape index (κ3) is 1.93. The fraction of sp³-hybridized carbons (Fsp3) is 0.133. The van der Waals surface area contributed by atoms with Crippen molar-refractivity contribution in [2.24, 2.45) is 0 Å². The van der Waals surface area contributed by atoms with Gasteiger partial charge in [-0.25, -0.2) is 0 Å². The fourth-order valence-electron chi connectivity index (χ4n) is 2.28. The maximum Gasteiger partial charge on any atom is 0.273 e. The SMILES string of the molecule is CCn1cc(-c2cnnc3ccccc23)cc(N)c1=O. The van der Waals surface area contributed by atoms with Crippen molar-refractivity contribution in [3.63, 3.8) is 0 Å². The Morgan fingerprint density at radius 3 is 2.90 bits per heavy atom. The molecule has 0 saturated heterocycles. The molecule has 3 aromatic rings. The van der Waals surface area contributed by atoms with Gasteiger partial charge in [-0.05, 0) is 19.1 Å². The Kier molecular flexibility index (Phi) is 2.95. The van der Waals surface area contributed by atoms with Crippen LogP contribution >= 0.6 is 0 Å². The number of pyridine rings is 1. The van der Waals surface area contributed by atoms with Gasteiger partial charge in [-0.1, -0.05) is 18.2 Å². The maximum absolute atomic E-state index is 11.9. The lowest BCUT2D eigenvalue weighted by Gasteiger charge is -2.09. The highest BCUT2D eigenvalue weighted by Crippen LogP contribution is 2.26. The first kappa shape index (κ1) is 12.3. The van der Waals surface area contributed by atoms with E-state index in [1.165, 1.54) is 0 Å². The molecule has 3 rings (SSSR count). The van der Waals surface area contributed by atoms with Gasteiger partial charge in [0.05, 0.1) is 17.4 Å². The summed E-state index contributed by atoms with van der Waals surface area (Å²) < 4.78 is 1.60. The van der Waals surface area contributed by atoms with Crippen LogP contribution in [0.2, 0.25) is 0 Å². The summed E-state index contributed by atoms with van der Waals surface area (Å²) in [5.74, 6) is 0. The predicted molar refractivity (Wildman–Crippen MR) is 79.3 cm³/mol. The Morgan fingerprint density at radius 2 is 2.10 bits per heavy atom. The lowest BCUT2D eigenvalue weighted by Crippen LogP contribution is -2.21. The third-order valence-electron chi connectivity index (χ3n) is 3.31. The molecule has 5 nitrogen and oxygen atoms in total. The molecule has 2 N–H and O–H groups in total. The zero-order valence-corrected chi connectivity index (χ0v) is 11.1. The van der Waals surface area contributed by atoms with Crippen LogP contribution in [-0.2, 0) is 6.54 Å². The van der Waals surface area contributed by atoms with Crippen LogP contribution in [0.15, 0.2) is 47.5 Å². The van der Waals surface area contributed by atoms with Crippen LogP contribution in [-0.4, -0.2) is 14.8 Å². The highest BCUT2D eigenvalue weighted by atomic mass is 16.1. The first-order chi connectivity index (χ1) is 9.70. The molecule has 0 fully saturated rings. The van der Waals surface area contributed by atoms with Crippen LogP contribution in [0.3, 0.4) is 0 Å². The molecule has 2 heterocycles. The summed E-state index contributed by atoms with van der Waals surface area (Å²) in [7, 11) is 0. The summed E-state index contributed by atoms with van der Waals surface area (Å²) in [5.41, 5.74) is 8.49. The highest BCUT2D eigenvalue weighted by molar-refractivity contribution is 5.93. The summed E-state index contributed by atoms with van der Waals surface area (Å²) in [6.45, 7) is 2.49. The minimum absolute atomic E-state index is 0.164. The van der Waals surface area contributed by atoms with Gasteiger partial charge >= 0.3 is 0 Å². The number of rotatable bonds is 2. The maximum atomic E-state index is 11.9. The summed E-state index contributed by atoms with van der Waals surface area (Å²) >= 11 is 0. The molecule has 5 heteroatoms. The summed E-state index contributed by atoms with van der Waals surface area (Å²) in [5, 5.41) is 9.11. The van der Waals surface area contributed by atoms with Gasteiger partial charge in [-0.15, -0.1) is 0 Å². The van der Waals surface area contributed by atoms with Gasteiger partial charge in [-0.3, -0.25) is 4.79 Å². The van der Waals surface area contributed by atoms with Crippen molar-refractivity contribution in [1.82, 2.24) is 14.8 Å². The Hall–Kier alpha value is -2.69. The molecule has 20 heavy (non-hydrogen) atoms. The van der Waals surface area contributed by atoms with Crippen molar-refractivity contribution in [2.45, 2.75) is 13.5 Å². The number of benzene rings is 1. The van der Waals surface area contributed by atoms with Crippen molar-refractivity contribution >= 4 is 16.6 Å². The number of nitrogens with zero attached hydrogens (tertiary/aromatic N) is 3. The van der Waals surface area contributed by atoms with Gasteiger partial charge in [0.15, 0.2) is 0 Å². The minimum Gasteiger partial charge on any atom is -0.394 e. The second kappa shape index (κ2) is 4.77. The van der Waals surface area contributed by atoms with E-state index in [4.69, 9.17) is 5.73 Å². The largest absolute Gasteiger partial charge is 0.394 e. The summed E-state index contributed by atoms with van der Waals surface area (Å²) in [6, 6.07) is 9.45. The Morgan fingerprint density at radius 1 is 1.30 bits per heavy atom.